The Hall–Kier alpha value is -2.41. The van der Waals surface area contributed by atoms with Crippen molar-refractivity contribution in [2.24, 2.45) is 5.92 Å². The number of hydrogen-bond acceptors (Lipinski definition) is 5. The van der Waals surface area contributed by atoms with Gasteiger partial charge in [0, 0.05) is 4.88 Å². The van der Waals surface area contributed by atoms with E-state index >= 15 is 0 Å². The highest BCUT2D eigenvalue weighted by Gasteiger charge is 2.47. The second-order valence-electron chi connectivity index (χ2n) is 6.78. The molecule has 2 N–H and O–H groups in total. The summed E-state index contributed by atoms with van der Waals surface area (Å²) >= 11 is 1.49. The maximum absolute atomic E-state index is 12.8. The predicted octanol–water partition coefficient (Wildman–Crippen LogP) is 3.00. The van der Waals surface area contributed by atoms with E-state index in [0.29, 0.717) is 22.5 Å². The van der Waals surface area contributed by atoms with Crippen LogP contribution in [0.2, 0.25) is 0 Å². The molecular weight excluding hydrogens is 338 g/mol. The van der Waals surface area contributed by atoms with Gasteiger partial charge in [-0.3, -0.25) is 14.9 Å². The lowest BCUT2D eigenvalue weighted by Gasteiger charge is -2.32. The molecule has 2 aromatic rings. The van der Waals surface area contributed by atoms with Gasteiger partial charge >= 0.3 is 0 Å². The number of aromatic nitrogens is 1. The van der Waals surface area contributed by atoms with Crippen molar-refractivity contribution in [3.63, 3.8) is 0 Å². The van der Waals surface area contributed by atoms with Gasteiger partial charge in [0.2, 0.25) is 0 Å². The first-order valence-electron chi connectivity index (χ1n) is 8.35. The molecule has 0 saturated carbocycles. The Morgan fingerprint density at radius 2 is 2.24 bits per heavy atom. The van der Waals surface area contributed by atoms with Gasteiger partial charge in [-0.15, -0.1) is 11.3 Å². The molecular formula is C18H19N3O3S. The number of ether oxygens (including phenoxy) is 1. The highest BCUT2D eigenvalue weighted by Crippen LogP contribution is 2.35. The van der Waals surface area contributed by atoms with E-state index in [1.807, 2.05) is 0 Å². The first kappa shape index (κ1) is 16.1. The summed E-state index contributed by atoms with van der Waals surface area (Å²) in [5, 5.41) is 6.03. The fraction of sp³-hybridized carbons (Fsp3) is 0.389. The lowest BCUT2D eigenvalue weighted by atomic mass is 9.93. The predicted molar refractivity (Wildman–Crippen MR) is 96.0 cm³/mol. The lowest BCUT2D eigenvalue weighted by Crippen LogP contribution is -2.56. The van der Waals surface area contributed by atoms with E-state index in [0.717, 1.165) is 25.0 Å². The van der Waals surface area contributed by atoms with Crippen LogP contribution in [-0.4, -0.2) is 22.4 Å². The number of para-hydroxylation sites is 2. The number of hydrogen-bond donors (Lipinski definition) is 2. The molecule has 2 amide bonds. The molecule has 2 aliphatic rings. The quantitative estimate of drug-likeness (QED) is 0.810. The van der Waals surface area contributed by atoms with Crippen molar-refractivity contribution in [1.82, 2.24) is 4.98 Å². The minimum atomic E-state index is -1.63. The molecule has 2 heterocycles. The van der Waals surface area contributed by atoms with Crippen LogP contribution >= 0.6 is 11.3 Å². The maximum atomic E-state index is 12.8. The molecule has 1 aliphatic heterocycles. The summed E-state index contributed by atoms with van der Waals surface area (Å²) in [4.78, 5) is 30.9. The monoisotopic (exact) mass is 357 g/mol. The summed E-state index contributed by atoms with van der Waals surface area (Å²) < 4.78 is 5.74. The molecule has 4 rings (SSSR count). The minimum Gasteiger partial charge on any atom is -0.466 e. The van der Waals surface area contributed by atoms with Gasteiger partial charge in [-0.05, 0) is 44.2 Å². The molecule has 6 nitrogen and oxygen atoms in total. The van der Waals surface area contributed by atoms with Crippen LogP contribution in [0.15, 0.2) is 24.3 Å². The zero-order valence-corrected chi connectivity index (χ0v) is 14.9. The summed E-state index contributed by atoms with van der Waals surface area (Å²) in [5.41, 5.74) is -0.00670. The van der Waals surface area contributed by atoms with Crippen LogP contribution < -0.4 is 15.4 Å². The third-order valence-corrected chi connectivity index (χ3v) is 5.76. The third kappa shape index (κ3) is 2.78. The van der Waals surface area contributed by atoms with Crippen molar-refractivity contribution in [2.45, 2.75) is 38.7 Å². The largest absolute Gasteiger partial charge is 0.466 e. The first-order chi connectivity index (χ1) is 12.0. The topological polar surface area (TPSA) is 80.3 Å². The molecule has 1 aromatic carbocycles. The van der Waals surface area contributed by atoms with Crippen molar-refractivity contribution in [3.8, 4) is 5.75 Å². The number of rotatable bonds is 2. The summed E-state index contributed by atoms with van der Waals surface area (Å²) in [7, 11) is 0. The van der Waals surface area contributed by atoms with Crippen molar-refractivity contribution >= 4 is 34.0 Å². The summed E-state index contributed by atoms with van der Waals surface area (Å²) in [6, 6.07) is 7.06. The standard InChI is InChI=1S/C18H19N3O3S/c1-10-7-8-12-14(9-10)25-17(20-12)21-16(23)18(2)15(22)19-11-5-3-4-6-13(11)24-18/h3-6,10H,7-9H2,1-2H3,(H,19,22)(H,20,21,23). The number of carbonyl (C=O) groups excluding carboxylic acids is 2. The van der Waals surface area contributed by atoms with Gasteiger partial charge in [0.1, 0.15) is 5.75 Å². The molecule has 7 heteroatoms. The van der Waals surface area contributed by atoms with Crippen LogP contribution in [0.4, 0.5) is 10.8 Å². The summed E-state index contributed by atoms with van der Waals surface area (Å²) in [6.07, 6.45) is 3.04. The van der Waals surface area contributed by atoms with E-state index in [1.165, 1.54) is 23.1 Å². The van der Waals surface area contributed by atoms with E-state index < -0.39 is 17.4 Å². The maximum Gasteiger partial charge on any atom is 0.280 e. The van der Waals surface area contributed by atoms with Crippen molar-refractivity contribution < 1.29 is 14.3 Å². The van der Waals surface area contributed by atoms with E-state index in [4.69, 9.17) is 4.74 Å². The molecule has 0 fully saturated rings. The average molecular weight is 357 g/mol. The Balaban J connectivity index is 1.56. The average Bonchev–Trinajstić information content (AvgIpc) is 2.97. The van der Waals surface area contributed by atoms with Gasteiger partial charge < -0.3 is 10.1 Å². The lowest BCUT2D eigenvalue weighted by molar-refractivity contribution is -0.143. The van der Waals surface area contributed by atoms with Gasteiger partial charge in [-0.1, -0.05) is 19.1 Å². The second kappa shape index (κ2) is 5.84. The fourth-order valence-corrected chi connectivity index (χ4v) is 4.29. The molecule has 1 aliphatic carbocycles. The van der Waals surface area contributed by atoms with Crippen LogP contribution in [0.25, 0.3) is 0 Å². The van der Waals surface area contributed by atoms with E-state index in [1.54, 1.807) is 24.3 Å². The van der Waals surface area contributed by atoms with Crippen LogP contribution in [0, 0.1) is 5.92 Å². The van der Waals surface area contributed by atoms with Crippen molar-refractivity contribution in [2.75, 3.05) is 10.6 Å². The molecule has 2 atom stereocenters. The number of aryl methyl sites for hydroxylation is 1. The number of fused-ring (bicyclic) bond motifs is 2. The van der Waals surface area contributed by atoms with Crippen LogP contribution in [0.1, 0.15) is 30.8 Å². The number of benzene rings is 1. The van der Waals surface area contributed by atoms with Crippen LogP contribution in [-0.2, 0) is 22.4 Å². The van der Waals surface area contributed by atoms with Gasteiger partial charge in [-0.2, -0.15) is 0 Å². The van der Waals surface area contributed by atoms with E-state index in [-0.39, 0.29) is 0 Å². The molecule has 0 saturated heterocycles. The van der Waals surface area contributed by atoms with Crippen LogP contribution in [0.5, 0.6) is 5.75 Å². The number of amides is 2. The Morgan fingerprint density at radius 1 is 1.44 bits per heavy atom. The third-order valence-electron chi connectivity index (χ3n) is 4.72. The smallest absolute Gasteiger partial charge is 0.280 e. The normalized spacial score (nSPS) is 24.6. The van der Waals surface area contributed by atoms with Gasteiger partial charge in [0.15, 0.2) is 5.13 Å². The molecule has 25 heavy (non-hydrogen) atoms. The number of anilines is 2. The molecule has 1 aromatic heterocycles. The van der Waals surface area contributed by atoms with Crippen molar-refractivity contribution in [1.29, 1.82) is 0 Å². The number of nitrogens with zero attached hydrogens (tertiary/aromatic N) is 1. The molecule has 0 spiro atoms. The molecule has 2 unspecified atom stereocenters. The Kier molecular flexibility index (Phi) is 3.76. The molecule has 0 bridgehead atoms. The zero-order chi connectivity index (χ0) is 17.6. The highest BCUT2D eigenvalue weighted by molar-refractivity contribution is 7.15. The summed E-state index contributed by atoms with van der Waals surface area (Å²) in [5.74, 6) is 0.113. The van der Waals surface area contributed by atoms with E-state index in [2.05, 4.69) is 22.5 Å². The van der Waals surface area contributed by atoms with Gasteiger partial charge in [-0.25, -0.2) is 4.98 Å². The van der Waals surface area contributed by atoms with Crippen molar-refractivity contribution in [3.05, 3.63) is 34.8 Å². The van der Waals surface area contributed by atoms with E-state index in [9.17, 15) is 9.59 Å². The first-order valence-corrected chi connectivity index (χ1v) is 9.17. The van der Waals surface area contributed by atoms with Crippen LogP contribution in [0.3, 0.4) is 0 Å². The highest BCUT2D eigenvalue weighted by atomic mass is 32.1. The number of nitrogens with one attached hydrogen (secondary N) is 2. The SMILES string of the molecule is CC1CCc2nc(NC(=O)C3(C)Oc4ccccc4NC3=O)sc2C1. The number of thiazole rings is 1. The Labute approximate surface area is 149 Å². The van der Waals surface area contributed by atoms with Gasteiger partial charge in [0.05, 0.1) is 11.4 Å². The summed E-state index contributed by atoms with van der Waals surface area (Å²) in [6.45, 7) is 3.70. The second-order valence-corrected chi connectivity index (χ2v) is 7.86. The van der Waals surface area contributed by atoms with Gasteiger partial charge in [0.25, 0.3) is 17.4 Å². The molecule has 0 radical (unpaired) electrons. The zero-order valence-electron chi connectivity index (χ0n) is 14.1. The minimum absolute atomic E-state index is 0.479. The molecule has 130 valence electrons. The number of carbonyl (C=O) groups is 2. The Bertz CT molecular complexity index is 863. The Morgan fingerprint density at radius 3 is 3.08 bits per heavy atom. The fourth-order valence-electron chi connectivity index (χ4n) is 3.13.